The van der Waals surface area contributed by atoms with E-state index >= 15 is 0 Å². The summed E-state index contributed by atoms with van der Waals surface area (Å²) in [5.74, 6) is 1.31. The lowest BCUT2D eigenvalue weighted by Gasteiger charge is -2.30. The van der Waals surface area contributed by atoms with Gasteiger partial charge >= 0.3 is 0 Å². The van der Waals surface area contributed by atoms with Crippen LogP contribution in [0.5, 0.6) is 11.5 Å². The van der Waals surface area contributed by atoms with Crippen molar-refractivity contribution in [1.82, 2.24) is 10.9 Å². The number of nitrogens with one attached hydrogen (secondary N) is 2. The van der Waals surface area contributed by atoms with Crippen LogP contribution < -0.4 is 20.3 Å². The first-order valence-corrected chi connectivity index (χ1v) is 8.02. The molecule has 2 unspecified atom stereocenters. The van der Waals surface area contributed by atoms with Gasteiger partial charge in [0.05, 0.1) is 20.3 Å². The quantitative estimate of drug-likeness (QED) is 0.887. The summed E-state index contributed by atoms with van der Waals surface area (Å²) in [4.78, 5) is 12.2. The standard InChI is InChI=1S/C19H22N2O3/c1-23-17-9-8-13(11-18(17)24-2)10-15-12-16(20-21-19(15)22)14-6-4-3-5-7-14/h3-9,11,15-16,20H,10,12H2,1-2H3,(H,21,22). The van der Waals surface area contributed by atoms with E-state index in [-0.39, 0.29) is 17.9 Å². The van der Waals surface area contributed by atoms with Gasteiger partial charge in [-0.3, -0.25) is 10.2 Å². The van der Waals surface area contributed by atoms with Gasteiger partial charge in [-0.1, -0.05) is 36.4 Å². The van der Waals surface area contributed by atoms with Gasteiger partial charge in [-0.2, -0.15) is 0 Å². The SMILES string of the molecule is COc1ccc(CC2CC(c3ccccc3)NNC2=O)cc1OC. The normalized spacial score (nSPS) is 20.3. The lowest BCUT2D eigenvalue weighted by molar-refractivity contribution is -0.128. The first-order valence-electron chi connectivity index (χ1n) is 8.02. The average molecular weight is 326 g/mol. The van der Waals surface area contributed by atoms with Crippen LogP contribution in [0.4, 0.5) is 0 Å². The van der Waals surface area contributed by atoms with Gasteiger partial charge in [0.1, 0.15) is 0 Å². The van der Waals surface area contributed by atoms with E-state index in [1.807, 2.05) is 36.4 Å². The number of carbonyl (C=O) groups is 1. The van der Waals surface area contributed by atoms with Gasteiger partial charge in [-0.25, -0.2) is 5.43 Å². The van der Waals surface area contributed by atoms with Crippen molar-refractivity contribution in [3.63, 3.8) is 0 Å². The highest BCUT2D eigenvalue weighted by molar-refractivity contribution is 5.79. The Morgan fingerprint density at radius 1 is 1.04 bits per heavy atom. The monoisotopic (exact) mass is 326 g/mol. The molecule has 5 nitrogen and oxygen atoms in total. The molecule has 1 saturated heterocycles. The fraction of sp³-hybridized carbons (Fsp3) is 0.316. The molecule has 0 radical (unpaired) electrons. The summed E-state index contributed by atoms with van der Waals surface area (Å²) in [5.41, 5.74) is 8.14. The molecule has 1 aliphatic heterocycles. The third-order valence-electron chi connectivity index (χ3n) is 4.39. The Labute approximate surface area is 141 Å². The summed E-state index contributed by atoms with van der Waals surface area (Å²) < 4.78 is 10.6. The third-order valence-corrected chi connectivity index (χ3v) is 4.39. The lowest BCUT2D eigenvalue weighted by atomic mass is 9.88. The molecule has 2 aromatic carbocycles. The van der Waals surface area contributed by atoms with E-state index in [1.54, 1.807) is 14.2 Å². The van der Waals surface area contributed by atoms with Crippen LogP contribution in [-0.2, 0) is 11.2 Å². The van der Waals surface area contributed by atoms with E-state index in [0.29, 0.717) is 17.9 Å². The van der Waals surface area contributed by atoms with Crippen LogP contribution in [-0.4, -0.2) is 20.1 Å². The highest BCUT2D eigenvalue weighted by Gasteiger charge is 2.29. The number of hydrazine groups is 1. The first-order chi connectivity index (χ1) is 11.7. The van der Waals surface area contributed by atoms with Crippen LogP contribution in [0, 0.1) is 5.92 Å². The molecule has 1 heterocycles. The van der Waals surface area contributed by atoms with E-state index in [2.05, 4.69) is 23.0 Å². The molecule has 1 amide bonds. The minimum Gasteiger partial charge on any atom is -0.493 e. The van der Waals surface area contributed by atoms with E-state index in [4.69, 9.17) is 9.47 Å². The number of hydrogen-bond donors (Lipinski definition) is 2. The summed E-state index contributed by atoms with van der Waals surface area (Å²) in [6.07, 6.45) is 1.42. The van der Waals surface area contributed by atoms with Gasteiger partial charge in [-0.15, -0.1) is 0 Å². The van der Waals surface area contributed by atoms with Crippen LogP contribution in [0.15, 0.2) is 48.5 Å². The van der Waals surface area contributed by atoms with E-state index < -0.39 is 0 Å². The maximum atomic E-state index is 12.2. The number of benzene rings is 2. The summed E-state index contributed by atoms with van der Waals surface area (Å²) in [5, 5.41) is 0. The highest BCUT2D eigenvalue weighted by atomic mass is 16.5. The number of ether oxygens (including phenoxy) is 2. The van der Waals surface area contributed by atoms with Crippen molar-refractivity contribution < 1.29 is 14.3 Å². The number of hydrogen-bond acceptors (Lipinski definition) is 4. The minimum atomic E-state index is -0.0884. The minimum absolute atomic E-state index is 0.0250. The average Bonchev–Trinajstić information content (AvgIpc) is 2.64. The molecule has 24 heavy (non-hydrogen) atoms. The maximum absolute atomic E-state index is 12.2. The zero-order valence-electron chi connectivity index (χ0n) is 13.9. The van der Waals surface area contributed by atoms with Crippen LogP contribution >= 0.6 is 0 Å². The molecule has 126 valence electrons. The summed E-state index contributed by atoms with van der Waals surface area (Å²) in [6, 6.07) is 16.1. The Balaban J connectivity index is 1.74. The number of methoxy groups -OCH3 is 2. The Morgan fingerprint density at radius 3 is 2.50 bits per heavy atom. The second kappa shape index (κ2) is 7.36. The van der Waals surface area contributed by atoms with Crippen molar-refractivity contribution in [3.05, 3.63) is 59.7 Å². The number of rotatable bonds is 5. The zero-order valence-corrected chi connectivity index (χ0v) is 13.9. The second-order valence-electron chi connectivity index (χ2n) is 5.92. The van der Waals surface area contributed by atoms with Crippen molar-refractivity contribution >= 4 is 5.91 Å². The molecular formula is C19H22N2O3. The molecule has 0 bridgehead atoms. The first kappa shape index (κ1) is 16.3. The molecule has 2 atom stereocenters. The Kier molecular flexibility index (Phi) is 5.01. The van der Waals surface area contributed by atoms with E-state index in [1.165, 1.54) is 5.56 Å². The van der Waals surface area contributed by atoms with Gasteiger partial charge < -0.3 is 9.47 Å². The molecule has 0 aromatic heterocycles. The van der Waals surface area contributed by atoms with Crippen LogP contribution in [0.25, 0.3) is 0 Å². The Morgan fingerprint density at radius 2 is 1.79 bits per heavy atom. The topological polar surface area (TPSA) is 59.6 Å². The van der Waals surface area contributed by atoms with Gasteiger partial charge in [0.2, 0.25) is 5.91 Å². The van der Waals surface area contributed by atoms with Gasteiger partial charge in [0.15, 0.2) is 11.5 Å². The van der Waals surface area contributed by atoms with Crippen LogP contribution in [0.1, 0.15) is 23.6 Å². The predicted molar refractivity (Wildman–Crippen MR) is 91.8 cm³/mol. The molecule has 0 saturated carbocycles. The molecule has 1 fully saturated rings. The number of amides is 1. The molecular weight excluding hydrogens is 304 g/mol. The molecule has 3 rings (SSSR count). The molecule has 5 heteroatoms. The predicted octanol–water partition coefficient (Wildman–Crippen LogP) is 2.63. The molecule has 0 aliphatic carbocycles. The smallest absolute Gasteiger partial charge is 0.237 e. The molecule has 0 spiro atoms. The van der Waals surface area contributed by atoms with Gasteiger partial charge in [0, 0.05) is 5.92 Å². The van der Waals surface area contributed by atoms with Crippen molar-refractivity contribution in [2.75, 3.05) is 14.2 Å². The van der Waals surface area contributed by atoms with E-state index in [9.17, 15) is 4.79 Å². The highest BCUT2D eigenvalue weighted by Crippen LogP contribution is 2.31. The second-order valence-corrected chi connectivity index (χ2v) is 5.92. The summed E-state index contributed by atoms with van der Waals surface area (Å²) in [6.45, 7) is 0. The van der Waals surface area contributed by atoms with Gasteiger partial charge in [0.25, 0.3) is 0 Å². The summed E-state index contributed by atoms with van der Waals surface area (Å²) in [7, 11) is 3.23. The van der Waals surface area contributed by atoms with Crippen molar-refractivity contribution in [3.8, 4) is 11.5 Å². The molecule has 2 aromatic rings. The Bertz CT molecular complexity index is 703. The number of carbonyl (C=O) groups excluding carboxylic acids is 1. The fourth-order valence-corrected chi connectivity index (χ4v) is 3.08. The van der Waals surface area contributed by atoms with E-state index in [0.717, 1.165) is 12.0 Å². The summed E-state index contributed by atoms with van der Waals surface area (Å²) >= 11 is 0. The third kappa shape index (κ3) is 3.51. The largest absolute Gasteiger partial charge is 0.493 e. The van der Waals surface area contributed by atoms with Crippen LogP contribution in [0.3, 0.4) is 0 Å². The van der Waals surface area contributed by atoms with Crippen molar-refractivity contribution in [2.24, 2.45) is 5.92 Å². The fourth-order valence-electron chi connectivity index (χ4n) is 3.08. The zero-order chi connectivity index (χ0) is 16.9. The Hall–Kier alpha value is -2.53. The molecule has 2 N–H and O–H groups in total. The molecule has 1 aliphatic rings. The van der Waals surface area contributed by atoms with Crippen molar-refractivity contribution in [1.29, 1.82) is 0 Å². The van der Waals surface area contributed by atoms with Gasteiger partial charge in [-0.05, 0) is 36.1 Å². The van der Waals surface area contributed by atoms with Crippen LogP contribution in [0.2, 0.25) is 0 Å². The lowest BCUT2D eigenvalue weighted by Crippen LogP contribution is -2.49. The maximum Gasteiger partial charge on any atom is 0.237 e. The van der Waals surface area contributed by atoms with Crippen molar-refractivity contribution in [2.45, 2.75) is 18.9 Å².